The predicted octanol–water partition coefficient (Wildman–Crippen LogP) is 2.32. The Labute approximate surface area is 125 Å². The minimum atomic E-state index is -0.544. The highest BCUT2D eigenvalue weighted by molar-refractivity contribution is 6.05. The number of nitrogens with zero attached hydrogens (tertiary/aromatic N) is 2. The van der Waals surface area contributed by atoms with Crippen LogP contribution in [0.3, 0.4) is 0 Å². The van der Waals surface area contributed by atoms with Gasteiger partial charge in [-0.2, -0.15) is 0 Å². The first-order valence-electron chi connectivity index (χ1n) is 6.57. The summed E-state index contributed by atoms with van der Waals surface area (Å²) in [5.74, 6) is -1.05. The molecule has 22 heavy (non-hydrogen) atoms. The van der Waals surface area contributed by atoms with Gasteiger partial charge in [-0.3, -0.25) is 14.6 Å². The van der Waals surface area contributed by atoms with Gasteiger partial charge in [0.15, 0.2) is 0 Å². The van der Waals surface area contributed by atoms with Crippen LogP contribution in [0.5, 0.6) is 0 Å². The molecule has 2 aromatic heterocycles. The number of fused-ring (bicyclic) bond motifs is 1. The van der Waals surface area contributed by atoms with Crippen molar-refractivity contribution < 1.29 is 9.18 Å². The molecular weight excluding hydrogens is 285 g/mol. The molecule has 0 aliphatic carbocycles. The van der Waals surface area contributed by atoms with Crippen LogP contribution < -0.4 is 10.7 Å². The lowest BCUT2D eigenvalue weighted by molar-refractivity contribution is 0.102. The van der Waals surface area contributed by atoms with E-state index >= 15 is 0 Å². The molecule has 1 N–H and O–H groups in total. The van der Waals surface area contributed by atoms with E-state index in [2.05, 4.69) is 10.3 Å². The molecule has 3 aromatic rings. The molecule has 3 rings (SSSR count). The Kier molecular flexibility index (Phi) is 3.42. The third-order valence-corrected chi connectivity index (χ3v) is 3.33. The highest BCUT2D eigenvalue weighted by Crippen LogP contribution is 2.15. The quantitative estimate of drug-likeness (QED) is 0.789. The maximum Gasteiger partial charge on any atom is 0.261 e. The highest BCUT2D eigenvalue weighted by atomic mass is 19.1. The second-order valence-electron chi connectivity index (χ2n) is 4.81. The molecule has 0 unspecified atom stereocenters. The number of amides is 1. The normalized spacial score (nSPS) is 10.6. The molecule has 1 amide bonds. The summed E-state index contributed by atoms with van der Waals surface area (Å²) >= 11 is 0. The lowest BCUT2D eigenvalue weighted by atomic mass is 10.1. The van der Waals surface area contributed by atoms with Gasteiger partial charge in [0.25, 0.3) is 5.91 Å². The van der Waals surface area contributed by atoms with E-state index in [1.807, 2.05) is 0 Å². The summed E-state index contributed by atoms with van der Waals surface area (Å²) in [6, 6.07) is 7.46. The summed E-state index contributed by atoms with van der Waals surface area (Å²) in [5, 5.41) is 2.79. The second-order valence-corrected chi connectivity index (χ2v) is 4.81. The summed E-state index contributed by atoms with van der Waals surface area (Å²) in [6.07, 6.45) is 4.40. The fourth-order valence-corrected chi connectivity index (χ4v) is 2.31. The minimum Gasteiger partial charge on any atom is -0.347 e. The molecule has 0 bridgehead atoms. The van der Waals surface area contributed by atoms with Crippen molar-refractivity contribution in [3.05, 3.63) is 70.5 Å². The number of carbonyl (C=O) groups is 1. The standard InChI is InChI=1S/C16H12FN3O2/c1-20-9-12(16(22)19-10-5-7-18-8-6-10)15(21)11-3-2-4-13(17)14(11)20/h2-9H,1H3,(H,18,19,22). The minimum absolute atomic E-state index is 0.0441. The van der Waals surface area contributed by atoms with Crippen LogP contribution in [-0.2, 0) is 7.05 Å². The summed E-state index contributed by atoms with van der Waals surface area (Å²) in [7, 11) is 1.59. The molecule has 5 nitrogen and oxygen atoms in total. The topological polar surface area (TPSA) is 64.0 Å². The van der Waals surface area contributed by atoms with Crippen molar-refractivity contribution >= 4 is 22.5 Å². The molecule has 0 fully saturated rings. The monoisotopic (exact) mass is 297 g/mol. The van der Waals surface area contributed by atoms with E-state index in [0.717, 1.165) is 0 Å². The number of aryl methyl sites for hydroxylation is 1. The number of nitrogens with one attached hydrogen (secondary N) is 1. The summed E-state index contributed by atoms with van der Waals surface area (Å²) in [4.78, 5) is 28.5. The van der Waals surface area contributed by atoms with Crippen molar-refractivity contribution in [1.82, 2.24) is 9.55 Å². The number of para-hydroxylation sites is 1. The molecule has 0 spiro atoms. The van der Waals surface area contributed by atoms with Crippen molar-refractivity contribution in [2.24, 2.45) is 7.05 Å². The summed E-state index contributed by atoms with van der Waals surface area (Å²) in [6.45, 7) is 0. The van der Waals surface area contributed by atoms with E-state index in [0.29, 0.717) is 5.69 Å². The predicted molar refractivity (Wildman–Crippen MR) is 81.3 cm³/mol. The van der Waals surface area contributed by atoms with Crippen molar-refractivity contribution in [1.29, 1.82) is 0 Å². The Morgan fingerprint density at radius 2 is 1.95 bits per heavy atom. The number of pyridine rings is 2. The Morgan fingerprint density at radius 1 is 1.23 bits per heavy atom. The molecule has 6 heteroatoms. The molecule has 0 aliphatic rings. The van der Waals surface area contributed by atoms with Gasteiger partial charge in [-0.05, 0) is 24.3 Å². The van der Waals surface area contributed by atoms with E-state index in [1.165, 1.54) is 41.4 Å². The van der Waals surface area contributed by atoms with Gasteiger partial charge in [-0.15, -0.1) is 0 Å². The van der Waals surface area contributed by atoms with Gasteiger partial charge < -0.3 is 9.88 Å². The van der Waals surface area contributed by atoms with Crippen LogP contribution in [0.15, 0.2) is 53.7 Å². The first-order chi connectivity index (χ1) is 10.6. The molecule has 1 aromatic carbocycles. The van der Waals surface area contributed by atoms with Gasteiger partial charge in [0.2, 0.25) is 5.43 Å². The number of rotatable bonds is 2. The molecule has 0 radical (unpaired) electrons. The van der Waals surface area contributed by atoms with Crippen LogP contribution in [0.4, 0.5) is 10.1 Å². The van der Waals surface area contributed by atoms with E-state index < -0.39 is 17.2 Å². The smallest absolute Gasteiger partial charge is 0.261 e. The van der Waals surface area contributed by atoms with Crippen LogP contribution >= 0.6 is 0 Å². The Morgan fingerprint density at radius 3 is 2.68 bits per heavy atom. The first-order valence-corrected chi connectivity index (χ1v) is 6.57. The van der Waals surface area contributed by atoms with Crippen molar-refractivity contribution in [3.63, 3.8) is 0 Å². The summed E-state index contributed by atoms with van der Waals surface area (Å²) < 4.78 is 15.3. The number of benzene rings is 1. The van der Waals surface area contributed by atoms with Gasteiger partial charge in [0, 0.05) is 36.7 Å². The van der Waals surface area contributed by atoms with Gasteiger partial charge >= 0.3 is 0 Å². The first kappa shape index (κ1) is 13.9. The number of carbonyl (C=O) groups excluding carboxylic acids is 1. The maximum atomic E-state index is 13.8. The molecule has 0 saturated carbocycles. The number of hydrogen-bond donors (Lipinski definition) is 1. The van der Waals surface area contributed by atoms with Crippen LogP contribution in [0.1, 0.15) is 10.4 Å². The average molecular weight is 297 g/mol. The van der Waals surface area contributed by atoms with Crippen LogP contribution in [0.25, 0.3) is 10.9 Å². The lowest BCUT2D eigenvalue weighted by Gasteiger charge is -2.10. The van der Waals surface area contributed by atoms with E-state index in [-0.39, 0.29) is 16.5 Å². The second kappa shape index (κ2) is 5.40. The zero-order valence-corrected chi connectivity index (χ0v) is 11.7. The fourth-order valence-electron chi connectivity index (χ4n) is 2.31. The third kappa shape index (κ3) is 2.35. The van der Waals surface area contributed by atoms with E-state index in [1.54, 1.807) is 19.2 Å². The zero-order valence-electron chi connectivity index (χ0n) is 11.7. The van der Waals surface area contributed by atoms with E-state index in [4.69, 9.17) is 0 Å². The summed E-state index contributed by atoms with van der Waals surface area (Å²) in [5.41, 5.74) is 0.158. The number of halogens is 1. The molecule has 2 heterocycles. The van der Waals surface area contributed by atoms with Crippen LogP contribution in [-0.4, -0.2) is 15.5 Å². The molecule has 0 saturated heterocycles. The SMILES string of the molecule is Cn1cc(C(=O)Nc2ccncc2)c(=O)c2cccc(F)c21. The van der Waals surface area contributed by atoms with Crippen LogP contribution in [0, 0.1) is 5.82 Å². The van der Waals surface area contributed by atoms with Gasteiger partial charge in [0.1, 0.15) is 11.4 Å². The lowest BCUT2D eigenvalue weighted by Crippen LogP contribution is -2.23. The zero-order chi connectivity index (χ0) is 15.7. The van der Waals surface area contributed by atoms with Gasteiger partial charge in [-0.1, -0.05) is 6.07 Å². The van der Waals surface area contributed by atoms with Gasteiger partial charge in [-0.25, -0.2) is 4.39 Å². The average Bonchev–Trinajstić information content (AvgIpc) is 2.51. The van der Waals surface area contributed by atoms with E-state index in [9.17, 15) is 14.0 Å². The maximum absolute atomic E-state index is 13.8. The van der Waals surface area contributed by atoms with Crippen molar-refractivity contribution in [2.75, 3.05) is 5.32 Å². The van der Waals surface area contributed by atoms with Crippen LogP contribution in [0.2, 0.25) is 0 Å². The molecule has 110 valence electrons. The Bertz CT molecular complexity index is 920. The third-order valence-electron chi connectivity index (χ3n) is 3.33. The number of hydrogen-bond acceptors (Lipinski definition) is 3. The molecular formula is C16H12FN3O2. The van der Waals surface area contributed by atoms with Crippen molar-refractivity contribution in [3.8, 4) is 0 Å². The van der Waals surface area contributed by atoms with Gasteiger partial charge in [0.05, 0.1) is 5.52 Å². The highest BCUT2D eigenvalue weighted by Gasteiger charge is 2.16. The number of anilines is 1. The Hall–Kier alpha value is -3.02. The van der Waals surface area contributed by atoms with Crippen molar-refractivity contribution in [2.45, 2.75) is 0 Å². The molecule has 0 atom stereocenters. The largest absolute Gasteiger partial charge is 0.347 e. The number of aromatic nitrogens is 2. The molecule has 0 aliphatic heterocycles. The fraction of sp³-hybridized carbons (Fsp3) is 0.0625. The Balaban J connectivity index is 2.10.